The highest BCUT2D eigenvalue weighted by Gasteiger charge is 1.93. The summed E-state index contributed by atoms with van der Waals surface area (Å²) in [6.07, 6.45) is 2.71. The highest BCUT2D eigenvalue weighted by atomic mass is 16.1. The molecule has 2 nitrogen and oxygen atoms in total. The van der Waals surface area contributed by atoms with Crippen molar-refractivity contribution in [1.82, 2.24) is 4.98 Å². The number of aromatic amines is 1. The third-order valence-electron chi connectivity index (χ3n) is 1.24. The van der Waals surface area contributed by atoms with Crippen LogP contribution in [0.2, 0.25) is 0 Å². The summed E-state index contributed by atoms with van der Waals surface area (Å²) in [7, 11) is 0. The van der Waals surface area contributed by atoms with Gasteiger partial charge in [0, 0.05) is 5.69 Å². The Morgan fingerprint density at radius 1 is 1.67 bits per heavy atom. The van der Waals surface area contributed by atoms with Crippen LogP contribution in [0.3, 0.4) is 0 Å². The van der Waals surface area contributed by atoms with Gasteiger partial charge in [-0.25, -0.2) is 0 Å². The number of H-pyrrole nitrogens is 1. The molecule has 0 aromatic carbocycles. The van der Waals surface area contributed by atoms with Crippen LogP contribution in [0.1, 0.15) is 18.3 Å². The monoisotopic (exact) mass is 122 g/mol. The van der Waals surface area contributed by atoms with E-state index in [1.807, 2.05) is 13.0 Å². The molecule has 1 radical (unpaired) electrons. The molecule has 1 heterocycles. The minimum atomic E-state index is 0.534. The number of hydrogen-bond acceptors (Lipinski definition) is 1. The number of rotatable bonds is 2. The van der Waals surface area contributed by atoms with Gasteiger partial charge in [0.1, 0.15) is 0 Å². The van der Waals surface area contributed by atoms with E-state index in [-0.39, 0.29) is 0 Å². The Labute approximate surface area is 53.9 Å². The van der Waals surface area contributed by atoms with Crippen LogP contribution >= 0.6 is 0 Å². The molecule has 1 aromatic heterocycles. The first kappa shape index (κ1) is 6.08. The summed E-state index contributed by atoms with van der Waals surface area (Å²) in [5.41, 5.74) is 1.61. The van der Waals surface area contributed by atoms with Gasteiger partial charge in [-0.15, -0.1) is 0 Å². The second-order valence-electron chi connectivity index (χ2n) is 1.85. The quantitative estimate of drug-likeness (QED) is 0.624. The molecule has 1 aromatic rings. The molecule has 0 unspecified atom stereocenters. The largest absolute Gasteiger partial charge is 0.356 e. The standard InChI is InChI=1S/C7H8NO/c1-2-6-3-4-7(5-9)8-6/h3-4,8H,2H2,1H3. The Bertz CT molecular complexity index is 202. The predicted octanol–water partition coefficient (Wildman–Crippen LogP) is 1.03. The van der Waals surface area contributed by atoms with Crippen LogP contribution in [0.5, 0.6) is 0 Å². The Balaban J connectivity index is 2.86. The molecule has 2 heteroatoms. The van der Waals surface area contributed by atoms with E-state index in [0.29, 0.717) is 5.69 Å². The van der Waals surface area contributed by atoms with Crippen LogP contribution in [0.15, 0.2) is 12.1 Å². The van der Waals surface area contributed by atoms with E-state index in [9.17, 15) is 4.79 Å². The zero-order valence-electron chi connectivity index (χ0n) is 5.27. The number of nitrogens with one attached hydrogen (secondary N) is 1. The molecule has 0 saturated heterocycles. The van der Waals surface area contributed by atoms with Gasteiger partial charge >= 0.3 is 0 Å². The molecule has 1 N–H and O–H groups in total. The molecule has 0 spiro atoms. The van der Waals surface area contributed by atoms with Crippen molar-refractivity contribution >= 4 is 6.29 Å². The molecule has 0 fully saturated rings. The van der Waals surface area contributed by atoms with Gasteiger partial charge in [-0.2, -0.15) is 0 Å². The van der Waals surface area contributed by atoms with Gasteiger partial charge in [0.25, 0.3) is 6.29 Å². The van der Waals surface area contributed by atoms with E-state index in [0.717, 1.165) is 12.1 Å². The Hall–Kier alpha value is -1.05. The molecular formula is C7H8NO. The summed E-state index contributed by atoms with van der Waals surface area (Å²) in [6.45, 7) is 2.03. The Morgan fingerprint density at radius 3 is 2.78 bits per heavy atom. The van der Waals surface area contributed by atoms with Gasteiger partial charge in [0.2, 0.25) is 0 Å². The molecule has 9 heavy (non-hydrogen) atoms. The van der Waals surface area contributed by atoms with Crippen LogP contribution < -0.4 is 0 Å². The fourth-order valence-electron chi connectivity index (χ4n) is 0.706. The lowest BCUT2D eigenvalue weighted by molar-refractivity contribution is 0.561. The summed E-state index contributed by atoms with van der Waals surface area (Å²) < 4.78 is 0. The van der Waals surface area contributed by atoms with Crippen LogP contribution in [-0.2, 0) is 11.2 Å². The van der Waals surface area contributed by atoms with Crippen molar-refractivity contribution in [2.24, 2.45) is 0 Å². The average molecular weight is 122 g/mol. The van der Waals surface area contributed by atoms with Crippen LogP contribution in [0, 0.1) is 0 Å². The molecule has 0 saturated carbocycles. The second-order valence-corrected chi connectivity index (χ2v) is 1.85. The van der Waals surface area contributed by atoms with Crippen LogP contribution in [0.25, 0.3) is 0 Å². The average Bonchev–Trinajstić information content (AvgIpc) is 2.34. The lowest BCUT2D eigenvalue weighted by atomic mass is 10.3. The third kappa shape index (κ3) is 1.19. The molecule has 0 aliphatic heterocycles. The van der Waals surface area contributed by atoms with E-state index >= 15 is 0 Å². The predicted molar refractivity (Wildman–Crippen MR) is 35.0 cm³/mol. The van der Waals surface area contributed by atoms with Crippen molar-refractivity contribution in [2.75, 3.05) is 0 Å². The van der Waals surface area contributed by atoms with Crippen LogP contribution in [-0.4, -0.2) is 11.3 Å². The molecule has 0 aliphatic carbocycles. The number of carbonyl (C=O) groups excluding carboxylic acids is 1. The van der Waals surface area contributed by atoms with Crippen molar-refractivity contribution in [3.8, 4) is 0 Å². The second kappa shape index (κ2) is 2.49. The highest BCUT2D eigenvalue weighted by Crippen LogP contribution is 1.98. The van der Waals surface area contributed by atoms with Gasteiger partial charge in [-0.3, -0.25) is 4.79 Å². The van der Waals surface area contributed by atoms with E-state index < -0.39 is 0 Å². The SMILES string of the molecule is CCc1ccc([C]=O)[nH]1. The molecule has 1 rings (SSSR count). The molecule has 0 bridgehead atoms. The summed E-state index contributed by atoms with van der Waals surface area (Å²) in [6, 6.07) is 3.62. The maximum Gasteiger partial charge on any atom is 0.251 e. The van der Waals surface area contributed by atoms with Crippen molar-refractivity contribution in [3.05, 3.63) is 23.5 Å². The fraction of sp³-hybridized carbons (Fsp3) is 0.286. The van der Waals surface area contributed by atoms with Crippen molar-refractivity contribution < 1.29 is 4.79 Å². The molecule has 47 valence electrons. The zero-order valence-corrected chi connectivity index (χ0v) is 5.27. The summed E-state index contributed by atoms with van der Waals surface area (Å²) in [4.78, 5) is 12.9. The summed E-state index contributed by atoms with van der Waals surface area (Å²) in [5, 5.41) is 0. The topological polar surface area (TPSA) is 32.9 Å². The van der Waals surface area contributed by atoms with Gasteiger partial charge < -0.3 is 4.98 Å². The Kier molecular flexibility index (Phi) is 1.68. The van der Waals surface area contributed by atoms with Gasteiger partial charge in [0.15, 0.2) is 0 Å². The van der Waals surface area contributed by atoms with Crippen molar-refractivity contribution in [3.63, 3.8) is 0 Å². The normalized spacial score (nSPS) is 9.44. The lowest BCUT2D eigenvalue weighted by Crippen LogP contribution is -1.81. The summed E-state index contributed by atoms with van der Waals surface area (Å²) >= 11 is 0. The molecule has 0 aliphatic rings. The fourth-order valence-corrected chi connectivity index (χ4v) is 0.706. The van der Waals surface area contributed by atoms with E-state index in [4.69, 9.17) is 0 Å². The zero-order chi connectivity index (χ0) is 6.69. The lowest BCUT2D eigenvalue weighted by Gasteiger charge is -1.83. The minimum absolute atomic E-state index is 0.534. The number of aromatic nitrogens is 1. The van der Waals surface area contributed by atoms with E-state index in [2.05, 4.69) is 4.98 Å². The first-order chi connectivity index (χ1) is 4.36. The summed E-state index contributed by atoms with van der Waals surface area (Å²) in [5.74, 6) is 0. The van der Waals surface area contributed by atoms with E-state index in [1.165, 1.54) is 0 Å². The first-order valence-corrected chi connectivity index (χ1v) is 2.93. The van der Waals surface area contributed by atoms with Gasteiger partial charge in [-0.05, 0) is 18.6 Å². The van der Waals surface area contributed by atoms with Gasteiger partial charge in [-0.1, -0.05) is 6.92 Å². The molecule has 0 atom stereocenters. The van der Waals surface area contributed by atoms with Crippen molar-refractivity contribution in [1.29, 1.82) is 0 Å². The van der Waals surface area contributed by atoms with Gasteiger partial charge in [0.05, 0.1) is 5.69 Å². The van der Waals surface area contributed by atoms with E-state index in [1.54, 1.807) is 12.4 Å². The first-order valence-electron chi connectivity index (χ1n) is 2.93. The maximum absolute atomic E-state index is 9.98. The molecular weight excluding hydrogens is 114 g/mol. The smallest absolute Gasteiger partial charge is 0.251 e. The maximum atomic E-state index is 9.98. The molecule has 0 amide bonds. The van der Waals surface area contributed by atoms with Crippen LogP contribution in [0.4, 0.5) is 0 Å². The Morgan fingerprint density at radius 2 is 2.44 bits per heavy atom. The van der Waals surface area contributed by atoms with Crippen molar-refractivity contribution in [2.45, 2.75) is 13.3 Å². The highest BCUT2D eigenvalue weighted by molar-refractivity contribution is 5.72. The number of aryl methyl sites for hydroxylation is 1. The number of hydrogen-bond donors (Lipinski definition) is 1. The third-order valence-corrected chi connectivity index (χ3v) is 1.24. The minimum Gasteiger partial charge on any atom is -0.356 e.